The Bertz CT molecular complexity index is 582. The van der Waals surface area contributed by atoms with Gasteiger partial charge >= 0.3 is 10.5 Å². The van der Waals surface area contributed by atoms with Gasteiger partial charge in [-0.1, -0.05) is 9.95 Å². The molecule has 6 nitrogen and oxygen atoms in total. The highest BCUT2D eigenvalue weighted by molar-refractivity contribution is 7.81. The van der Waals surface area contributed by atoms with Gasteiger partial charge in [0.1, 0.15) is 5.75 Å². The zero-order valence-electron chi connectivity index (χ0n) is 7.70. The van der Waals surface area contributed by atoms with E-state index < -0.39 is 10.5 Å². The molecule has 0 aliphatic heterocycles. The molecule has 0 bridgehead atoms. The topological polar surface area (TPSA) is 82.3 Å². The quantitative estimate of drug-likeness (QED) is 0.757. The van der Waals surface area contributed by atoms with Crippen LogP contribution in [0.2, 0.25) is 0 Å². The van der Waals surface area contributed by atoms with Crippen LogP contribution < -0.4 is 4.18 Å². The molecule has 0 aliphatic carbocycles. The van der Waals surface area contributed by atoms with E-state index >= 15 is 0 Å². The summed E-state index contributed by atoms with van der Waals surface area (Å²) < 4.78 is 41.7. The monoisotopic (exact) mass is 244 g/mol. The van der Waals surface area contributed by atoms with Gasteiger partial charge in [-0.05, 0) is 18.2 Å². The fourth-order valence-electron chi connectivity index (χ4n) is 1.09. The Hall–Kier alpha value is -1.96. The molecule has 1 aromatic heterocycles. The van der Waals surface area contributed by atoms with Crippen LogP contribution in [-0.4, -0.2) is 18.6 Å². The molecule has 1 aromatic carbocycles. The Labute approximate surface area is 90.1 Å². The lowest BCUT2D eigenvalue weighted by atomic mass is 10.2. The summed E-state index contributed by atoms with van der Waals surface area (Å²) in [4.78, 5) is 0. The third-order valence-electron chi connectivity index (χ3n) is 1.64. The Morgan fingerprint density at radius 3 is 2.81 bits per heavy atom. The van der Waals surface area contributed by atoms with Crippen molar-refractivity contribution in [1.82, 2.24) is 10.2 Å². The molecule has 0 atom stereocenters. The number of nitrogens with zero attached hydrogens (tertiary/aromatic N) is 2. The standard InChI is InChI=1S/C8H5FN2O4S/c9-16(12,13)15-7-3-1-2-6(4-7)8-11-10-5-14-8/h1-5H. The molecule has 8 heteroatoms. The molecule has 0 fully saturated rings. The highest BCUT2D eigenvalue weighted by Gasteiger charge is 2.11. The molecule has 0 radical (unpaired) electrons. The van der Waals surface area contributed by atoms with Gasteiger partial charge in [-0.15, -0.1) is 10.2 Å². The van der Waals surface area contributed by atoms with Gasteiger partial charge in [0.2, 0.25) is 12.3 Å². The first-order chi connectivity index (χ1) is 7.54. The van der Waals surface area contributed by atoms with Crippen molar-refractivity contribution in [2.45, 2.75) is 0 Å². The fraction of sp³-hybridized carbons (Fsp3) is 0. The molecule has 0 saturated heterocycles. The molecule has 84 valence electrons. The Kier molecular flexibility index (Phi) is 2.57. The molecule has 0 unspecified atom stereocenters. The maximum Gasteiger partial charge on any atom is 0.488 e. The number of benzene rings is 1. The highest BCUT2D eigenvalue weighted by Crippen LogP contribution is 2.22. The van der Waals surface area contributed by atoms with E-state index in [4.69, 9.17) is 4.42 Å². The molecule has 2 rings (SSSR count). The number of aromatic nitrogens is 2. The van der Waals surface area contributed by atoms with Crippen molar-refractivity contribution in [3.63, 3.8) is 0 Å². The molecular formula is C8H5FN2O4S. The van der Waals surface area contributed by atoms with Crippen LogP contribution >= 0.6 is 0 Å². The minimum absolute atomic E-state index is 0.168. The summed E-state index contributed by atoms with van der Waals surface area (Å²) in [6.45, 7) is 0. The molecule has 0 N–H and O–H groups in total. The van der Waals surface area contributed by atoms with E-state index in [0.717, 1.165) is 6.39 Å². The van der Waals surface area contributed by atoms with Crippen molar-refractivity contribution in [1.29, 1.82) is 0 Å². The summed E-state index contributed by atoms with van der Waals surface area (Å²) in [7, 11) is -5.03. The van der Waals surface area contributed by atoms with Crippen LogP contribution in [0.4, 0.5) is 3.89 Å². The first-order valence-electron chi connectivity index (χ1n) is 4.05. The van der Waals surface area contributed by atoms with E-state index in [0.29, 0.717) is 5.56 Å². The summed E-state index contributed by atoms with van der Waals surface area (Å²) in [5.74, 6) is 0.0138. The van der Waals surface area contributed by atoms with Gasteiger partial charge in [-0.3, -0.25) is 0 Å². The molecule has 0 spiro atoms. The van der Waals surface area contributed by atoms with Gasteiger partial charge in [-0.2, -0.15) is 8.42 Å². The maximum atomic E-state index is 12.2. The minimum Gasteiger partial charge on any atom is -0.423 e. The van der Waals surface area contributed by atoms with E-state index in [1.807, 2.05) is 0 Å². The SMILES string of the molecule is O=S(=O)(F)Oc1cccc(-c2nnco2)c1. The Morgan fingerprint density at radius 1 is 1.38 bits per heavy atom. The van der Waals surface area contributed by atoms with E-state index in [-0.39, 0.29) is 11.6 Å². The van der Waals surface area contributed by atoms with Crippen LogP contribution in [-0.2, 0) is 10.5 Å². The second-order valence-electron chi connectivity index (χ2n) is 2.75. The summed E-state index contributed by atoms with van der Waals surface area (Å²) in [5.41, 5.74) is 0.429. The van der Waals surface area contributed by atoms with Crippen molar-refractivity contribution in [3.05, 3.63) is 30.7 Å². The molecule has 2 aromatic rings. The van der Waals surface area contributed by atoms with E-state index in [2.05, 4.69) is 14.4 Å². The Balaban J connectivity index is 2.34. The van der Waals surface area contributed by atoms with Gasteiger partial charge in [-0.25, -0.2) is 0 Å². The molecule has 16 heavy (non-hydrogen) atoms. The smallest absolute Gasteiger partial charge is 0.423 e. The number of rotatable bonds is 3. The average molecular weight is 244 g/mol. The first-order valence-corrected chi connectivity index (χ1v) is 5.36. The largest absolute Gasteiger partial charge is 0.488 e. The van der Waals surface area contributed by atoms with E-state index in [1.165, 1.54) is 18.2 Å². The molecule has 0 amide bonds. The predicted molar refractivity (Wildman–Crippen MR) is 50.4 cm³/mol. The average Bonchev–Trinajstić information content (AvgIpc) is 2.68. The number of hydrogen-bond acceptors (Lipinski definition) is 6. The van der Waals surface area contributed by atoms with Crippen molar-refractivity contribution < 1.29 is 20.9 Å². The fourth-order valence-corrected chi connectivity index (χ4v) is 1.43. The van der Waals surface area contributed by atoms with Crippen molar-refractivity contribution in [3.8, 4) is 17.2 Å². The summed E-state index contributed by atoms with van der Waals surface area (Å²) in [5, 5.41) is 7.06. The van der Waals surface area contributed by atoms with Crippen LogP contribution in [0.5, 0.6) is 5.75 Å². The van der Waals surface area contributed by atoms with Gasteiger partial charge in [0.05, 0.1) is 0 Å². The second-order valence-corrected chi connectivity index (χ2v) is 3.70. The first kappa shape index (κ1) is 10.6. The summed E-state index contributed by atoms with van der Waals surface area (Å²) >= 11 is 0. The van der Waals surface area contributed by atoms with Crippen molar-refractivity contribution >= 4 is 10.5 Å². The molecule has 1 heterocycles. The molecule has 0 aliphatic rings. The molecular weight excluding hydrogens is 239 g/mol. The van der Waals surface area contributed by atoms with Gasteiger partial charge < -0.3 is 8.60 Å². The highest BCUT2D eigenvalue weighted by atomic mass is 32.3. The van der Waals surface area contributed by atoms with E-state index in [9.17, 15) is 12.3 Å². The predicted octanol–water partition coefficient (Wildman–Crippen LogP) is 1.33. The molecule has 0 saturated carbocycles. The lowest BCUT2D eigenvalue weighted by molar-refractivity contribution is 0.440. The van der Waals surface area contributed by atoms with Gasteiger partial charge in [0.25, 0.3) is 0 Å². The van der Waals surface area contributed by atoms with Crippen molar-refractivity contribution in [2.24, 2.45) is 0 Å². The van der Waals surface area contributed by atoms with Crippen LogP contribution in [0, 0.1) is 0 Å². The summed E-state index contributed by atoms with van der Waals surface area (Å²) in [6.07, 6.45) is 1.12. The van der Waals surface area contributed by atoms with Crippen LogP contribution in [0.1, 0.15) is 0 Å². The summed E-state index contributed by atoms with van der Waals surface area (Å²) in [6, 6.07) is 5.62. The second kappa shape index (κ2) is 3.89. The lowest BCUT2D eigenvalue weighted by Gasteiger charge is -2.00. The van der Waals surface area contributed by atoms with Crippen LogP contribution in [0.25, 0.3) is 11.5 Å². The number of halogens is 1. The Morgan fingerprint density at radius 2 is 2.19 bits per heavy atom. The van der Waals surface area contributed by atoms with Gasteiger partial charge in [0.15, 0.2) is 0 Å². The number of hydrogen-bond donors (Lipinski definition) is 0. The van der Waals surface area contributed by atoms with Gasteiger partial charge in [0, 0.05) is 5.56 Å². The van der Waals surface area contributed by atoms with Crippen LogP contribution in [0.15, 0.2) is 35.1 Å². The third kappa shape index (κ3) is 2.54. The zero-order chi connectivity index (χ0) is 11.6. The van der Waals surface area contributed by atoms with Crippen molar-refractivity contribution in [2.75, 3.05) is 0 Å². The minimum atomic E-state index is -5.03. The van der Waals surface area contributed by atoms with Crippen LogP contribution in [0.3, 0.4) is 0 Å². The third-order valence-corrected chi connectivity index (χ3v) is 2.03. The van der Waals surface area contributed by atoms with E-state index in [1.54, 1.807) is 6.07 Å². The maximum absolute atomic E-state index is 12.2. The lowest BCUT2D eigenvalue weighted by Crippen LogP contribution is -2.00. The zero-order valence-corrected chi connectivity index (χ0v) is 8.52. The normalized spacial score (nSPS) is 11.3.